The second-order valence-corrected chi connectivity index (χ2v) is 7.85. The third kappa shape index (κ3) is 4.54. The lowest BCUT2D eigenvalue weighted by Gasteiger charge is -2.30. The first-order valence-corrected chi connectivity index (χ1v) is 10.6. The third-order valence-corrected chi connectivity index (χ3v) is 5.95. The molecule has 3 aromatic rings. The molecular weight excluding hydrogens is 384 g/mol. The van der Waals surface area contributed by atoms with Gasteiger partial charge in [0.25, 0.3) is 5.91 Å². The smallest absolute Gasteiger partial charge is 0.259 e. The third-order valence-electron chi connectivity index (χ3n) is 4.87. The number of furan rings is 1. The minimum atomic E-state index is -0.100. The minimum absolute atomic E-state index is 0.0174. The number of thioether (sulfide) groups is 1. The molecule has 1 aromatic heterocycles. The van der Waals surface area contributed by atoms with Crippen molar-refractivity contribution in [1.82, 2.24) is 5.32 Å². The molecule has 0 saturated carbocycles. The van der Waals surface area contributed by atoms with Crippen LogP contribution in [0.1, 0.15) is 28.1 Å². The fraction of sp³-hybridized carbons (Fsp3) is 0.217. The summed E-state index contributed by atoms with van der Waals surface area (Å²) < 4.78 is 5.22. The first kappa shape index (κ1) is 19.3. The molecule has 0 unspecified atom stereocenters. The van der Waals surface area contributed by atoms with Crippen molar-refractivity contribution in [1.29, 1.82) is 0 Å². The molecule has 0 atom stereocenters. The van der Waals surface area contributed by atoms with Crippen molar-refractivity contribution in [2.75, 3.05) is 17.2 Å². The molecule has 0 bridgehead atoms. The highest BCUT2D eigenvalue weighted by molar-refractivity contribution is 8.00. The Morgan fingerprint density at radius 2 is 1.86 bits per heavy atom. The lowest BCUT2D eigenvalue weighted by molar-refractivity contribution is -0.118. The van der Waals surface area contributed by atoms with Gasteiger partial charge in [-0.3, -0.25) is 9.59 Å². The first-order chi connectivity index (χ1) is 14.2. The number of fused-ring (bicyclic) bond motifs is 1. The van der Waals surface area contributed by atoms with Crippen LogP contribution in [0.25, 0.3) is 0 Å². The van der Waals surface area contributed by atoms with Gasteiger partial charge in [0.1, 0.15) is 5.76 Å². The average Bonchev–Trinajstić information content (AvgIpc) is 3.29. The number of hydrogen-bond acceptors (Lipinski definition) is 4. The fourth-order valence-electron chi connectivity index (χ4n) is 3.45. The molecule has 6 heteroatoms. The van der Waals surface area contributed by atoms with Crippen molar-refractivity contribution < 1.29 is 14.0 Å². The van der Waals surface area contributed by atoms with Crippen LogP contribution in [-0.2, 0) is 17.8 Å². The van der Waals surface area contributed by atoms with Gasteiger partial charge in [0.15, 0.2) is 0 Å². The zero-order chi connectivity index (χ0) is 20.1. The summed E-state index contributed by atoms with van der Waals surface area (Å²) in [6.07, 6.45) is 3.52. The van der Waals surface area contributed by atoms with Crippen LogP contribution >= 0.6 is 11.8 Å². The molecule has 2 heterocycles. The summed E-state index contributed by atoms with van der Waals surface area (Å²) in [5.41, 5.74) is 2.82. The Balaban J connectivity index is 1.44. The van der Waals surface area contributed by atoms with Gasteiger partial charge in [0.05, 0.1) is 24.1 Å². The second kappa shape index (κ2) is 9.01. The van der Waals surface area contributed by atoms with Crippen LogP contribution in [0.4, 0.5) is 5.69 Å². The van der Waals surface area contributed by atoms with E-state index in [1.54, 1.807) is 12.3 Å². The van der Waals surface area contributed by atoms with Gasteiger partial charge in [-0.25, -0.2) is 0 Å². The van der Waals surface area contributed by atoms with Gasteiger partial charge in [0.2, 0.25) is 5.91 Å². The molecule has 29 heavy (non-hydrogen) atoms. The van der Waals surface area contributed by atoms with E-state index in [1.807, 2.05) is 53.4 Å². The Kier molecular flexibility index (Phi) is 6.00. The Hall–Kier alpha value is -2.99. The quantitative estimate of drug-likeness (QED) is 0.621. The zero-order valence-corrected chi connectivity index (χ0v) is 16.8. The summed E-state index contributed by atoms with van der Waals surface area (Å²) >= 11 is 1.38. The molecule has 1 aliphatic rings. The van der Waals surface area contributed by atoms with E-state index < -0.39 is 0 Å². The number of nitrogens with one attached hydrogen (secondary N) is 1. The molecule has 0 spiro atoms. The predicted octanol–water partition coefficient (Wildman–Crippen LogP) is 4.28. The van der Waals surface area contributed by atoms with Crippen LogP contribution < -0.4 is 10.2 Å². The normalized spacial score (nSPS) is 13.0. The number of amides is 2. The van der Waals surface area contributed by atoms with Gasteiger partial charge in [-0.1, -0.05) is 30.3 Å². The van der Waals surface area contributed by atoms with Crippen molar-refractivity contribution in [2.24, 2.45) is 0 Å². The molecule has 2 amide bonds. The van der Waals surface area contributed by atoms with E-state index in [1.165, 1.54) is 17.3 Å². The number of carbonyl (C=O) groups excluding carboxylic acids is 2. The van der Waals surface area contributed by atoms with Crippen molar-refractivity contribution >= 4 is 29.3 Å². The minimum Gasteiger partial charge on any atom is -0.467 e. The largest absolute Gasteiger partial charge is 0.467 e. The zero-order valence-electron chi connectivity index (χ0n) is 16.0. The number of nitrogens with zero attached hydrogens (tertiary/aromatic N) is 1. The number of benzene rings is 2. The van der Waals surface area contributed by atoms with Crippen LogP contribution in [0.15, 0.2) is 76.2 Å². The maximum atomic E-state index is 13.3. The fourth-order valence-corrected chi connectivity index (χ4v) is 4.33. The highest BCUT2D eigenvalue weighted by Gasteiger charge is 2.25. The topological polar surface area (TPSA) is 62.6 Å². The van der Waals surface area contributed by atoms with Crippen LogP contribution in [0.2, 0.25) is 0 Å². The molecule has 1 N–H and O–H groups in total. The number of hydrogen-bond donors (Lipinski definition) is 1. The van der Waals surface area contributed by atoms with E-state index in [-0.39, 0.29) is 17.6 Å². The molecule has 5 nitrogen and oxygen atoms in total. The highest BCUT2D eigenvalue weighted by Crippen LogP contribution is 2.30. The van der Waals surface area contributed by atoms with Gasteiger partial charge in [-0.2, -0.15) is 0 Å². The van der Waals surface area contributed by atoms with Gasteiger partial charge in [-0.15, -0.1) is 11.8 Å². The Morgan fingerprint density at radius 3 is 2.72 bits per heavy atom. The summed E-state index contributed by atoms with van der Waals surface area (Å²) in [5.74, 6) is 0.831. The molecule has 0 fully saturated rings. The summed E-state index contributed by atoms with van der Waals surface area (Å²) in [5, 5.41) is 2.83. The SMILES string of the molecule is O=C(CSc1ccccc1C(=O)N1CCCc2ccccc21)NCc1ccco1. The van der Waals surface area contributed by atoms with Crippen LogP contribution in [0.5, 0.6) is 0 Å². The summed E-state index contributed by atoms with van der Waals surface area (Å²) in [6.45, 7) is 1.07. The van der Waals surface area contributed by atoms with Gasteiger partial charge < -0.3 is 14.6 Å². The number of rotatable bonds is 6. The highest BCUT2D eigenvalue weighted by atomic mass is 32.2. The van der Waals surface area contributed by atoms with E-state index in [9.17, 15) is 9.59 Å². The Morgan fingerprint density at radius 1 is 1.03 bits per heavy atom. The number of anilines is 1. The molecule has 0 saturated heterocycles. The molecular formula is C23H22N2O3S. The van der Waals surface area contributed by atoms with Crippen molar-refractivity contribution in [3.63, 3.8) is 0 Å². The van der Waals surface area contributed by atoms with Crippen LogP contribution in [0.3, 0.4) is 0 Å². The Labute approximate surface area is 174 Å². The number of aryl methyl sites for hydroxylation is 1. The van der Waals surface area contributed by atoms with Crippen LogP contribution in [0, 0.1) is 0 Å². The second-order valence-electron chi connectivity index (χ2n) is 6.83. The molecule has 2 aromatic carbocycles. The maximum Gasteiger partial charge on any atom is 0.259 e. The Bertz CT molecular complexity index is 1000. The summed E-state index contributed by atoms with van der Waals surface area (Å²) in [7, 11) is 0. The predicted molar refractivity (Wildman–Crippen MR) is 114 cm³/mol. The summed E-state index contributed by atoms with van der Waals surface area (Å²) in [6, 6.07) is 19.2. The van der Waals surface area contributed by atoms with E-state index in [4.69, 9.17) is 4.42 Å². The molecule has 0 aliphatic carbocycles. The van der Waals surface area contributed by atoms with Gasteiger partial charge in [0, 0.05) is 17.1 Å². The van der Waals surface area contributed by atoms with Crippen molar-refractivity contribution in [3.8, 4) is 0 Å². The van der Waals surface area contributed by atoms with Crippen LogP contribution in [-0.4, -0.2) is 24.1 Å². The number of para-hydroxylation sites is 1. The first-order valence-electron chi connectivity index (χ1n) is 9.63. The van der Waals surface area contributed by atoms with E-state index in [2.05, 4.69) is 11.4 Å². The lowest BCUT2D eigenvalue weighted by atomic mass is 10.0. The average molecular weight is 407 g/mol. The standard InChI is InChI=1S/C23H22N2O3S/c26-22(24-15-18-9-6-14-28-18)16-29-21-12-4-2-10-19(21)23(27)25-13-5-8-17-7-1-3-11-20(17)25/h1-4,6-7,9-12,14H,5,8,13,15-16H2,(H,24,26). The molecule has 0 radical (unpaired) electrons. The van der Waals surface area contributed by atoms with E-state index in [0.29, 0.717) is 24.4 Å². The van der Waals surface area contributed by atoms with E-state index >= 15 is 0 Å². The van der Waals surface area contributed by atoms with E-state index in [0.717, 1.165) is 23.4 Å². The number of carbonyl (C=O) groups is 2. The monoisotopic (exact) mass is 406 g/mol. The van der Waals surface area contributed by atoms with Gasteiger partial charge in [-0.05, 0) is 48.7 Å². The molecule has 148 valence electrons. The van der Waals surface area contributed by atoms with Crippen molar-refractivity contribution in [2.45, 2.75) is 24.3 Å². The maximum absolute atomic E-state index is 13.3. The summed E-state index contributed by atoms with van der Waals surface area (Å²) in [4.78, 5) is 28.2. The lowest BCUT2D eigenvalue weighted by Crippen LogP contribution is -2.35. The van der Waals surface area contributed by atoms with Gasteiger partial charge >= 0.3 is 0 Å². The van der Waals surface area contributed by atoms with Crippen molar-refractivity contribution in [3.05, 3.63) is 83.8 Å². The molecule has 4 rings (SSSR count). The molecule has 1 aliphatic heterocycles.